The SMILES string of the molecule is COc1c[c-]c(CN(C)C)cc1.[Li+]. The van der Waals surface area contributed by atoms with Crippen LogP contribution in [0, 0.1) is 6.07 Å². The molecule has 0 aromatic heterocycles. The number of hydrogen-bond donors (Lipinski definition) is 0. The van der Waals surface area contributed by atoms with Gasteiger partial charge in [-0.3, -0.25) is 0 Å². The van der Waals surface area contributed by atoms with Crippen LogP contribution in [0.4, 0.5) is 0 Å². The van der Waals surface area contributed by atoms with E-state index in [0.717, 1.165) is 12.3 Å². The Balaban J connectivity index is 0.00000144. The van der Waals surface area contributed by atoms with E-state index < -0.39 is 0 Å². The Morgan fingerprint density at radius 1 is 1.38 bits per heavy atom. The van der Waals surface area contributed by atoms with E-state index in [2.05, 4.69) is 11.0 Å². The number of hydrogen-bond acceptors (Lipinski definition) is 2. The first-order chi connectivity index (χ1) is 5.72. The number of ether oxygens (including phenoxy) is 1. The summed E-state index contributed by atoms with van der Waals surface area (Å²) in [4.78, 5) is 2.11. The Kier molecular flexibility index (Phi) is 5.90. The number of nitrogens with zero attached hydrogens (tertiary/aromatic N) is 1. The summed E-state index contributed by atoms with van der Waals surface area (Å²) in [5.74, 6) is 0.859. The molecule has 13 heavy (non-hydrogen) atoms. The average molecular weight is 171 g/mol. The fourth-order valence-corrected chi connectivity index (χ4v) is 1.01. The average Bonchev–Trinajstić information content (AvgIpc) is 2.05. The Hall–Kier alpha value is -0.423. The molecule has 0 atom stereocenters. The molecule has 0 saturated carbocycles. The summed E-state index contributed by atoms with van der Waals surface area (Å²) in [6, 6.07) is 8.99. The molecule has 0 saturated heterocycles. The first kappa shape index (κ1) is 12.6. The molecule has 0 radical (unpaired) electrons. The summed E-state index contributed by atoms with van der Waals surface area (Å²) < 4.78 is 5.03. The Bertz CT molecular complexity index is 233. The van der Waals surface area contributed by atoms with Crippen molar-refractivity contribution in [2.45, 2.75) is 6.54 Å². The van der Waals surface area contributed by atoms with Crippen LogP contribution in [-0.4, -0.2) is 26.1 Å². The molecule has 0 aliphatic heterocycles. The van der Waals surface area contributed by atoms with Crippen molar-refractivity contribution in [1.29, 1.82) is 0 Å². The molecule has 1 aromatic rings. The van der Waals surface area contributed by atoms with Crippen molar-refractivity contribution in [2.75, 3.05) is 21.2 Å². The molecular weight excluding hydrogens is 157 g/mol. The van der Waals surface area contributed by atoms with Crippen LogP contribution in [0.15, 0.2) is 18.2 Å². The minimum absolute atomic E-state index is 0. The van der Waals surface area contributed by atoms with E-state index in [4.69, 9.17) is 4.74 Å². The van der Waals surface area contributed by atoms with Crippen molar-refractivity contribution >= 4 is 0 Å². The van der Waals surface area contributed by atoms with Gasteiger partial charge in [-0.15, -0.1) is 17.7 Å². The summed E-state index contributed by atoms with van der Waals surface area (Å²) in [5, 5.41) is 0. The van der Waals surface area contributed by atoms with Crippen molar-refractivity contribution in [3.63, 3.8) is 0 Å². The number of benzene rings is 1. The van der Waals surface area contributed by atoms with Crippen molar-refractivity contribution in [3.05, 3.63) is 29.8 Å². The number of methoxy groups -OCH3 is 1. The standard InChI is InChI=1S/C10H14NO.Li/c1-11(2)8-9-4-6-10(12-3)7-5-9;/h4,6-7H,8H2,1-3H3;/q-1;+1. The maximum atomic E-state index is 5.03. The van der Waals surface area contributed by atoms with E-state index in [9.17, 15) is 0 Å². The van der Waals surface area contributed by atoms with E-state index >= 15 is 0 Å². The van der Waals surface area contributed by atoms with Gasteiger partial charge in [0.25, 0.3) is 0 Å². The van der Waals surface area contributed by atoms with E-state index in [-0.39, 0.29) is 18.9 Å². The quantitative estimate of drug-likeness (QED) is 0.408. The summed E-state index contributed by atoms with van der Waals surface area (Å²) >= 11 is 0. The maximum Gasteiger partial charge on any atom is 1.00 e. The molecule has 0 unspecified atom stereocenters. The zero-order valence-corrected chi connectivity index (χ0v) is 8.79. The molecule has 3 heteroatoms. The van der Waals surface area contributed by atoms with Gasteiger partial charge >= 0.3 is 18.9 Å². The van der Waals surface area contributed by atoms with E-state index in [1.807, 2.05) is 32.3 Å². The van der Waals surface area contributed by atoms with E-state index in [0.29, 0.717) is 0 Å². The largest absolute Gasteiger partial charge is 1.00 e. The van der Waals surface area contributed by atoms with Gasteiger partial charge in [0.2, 0.25) is 0 Å². The second-order valence-electron chi connectivity index (χ2n) is 2.99. The van der Waals surface area contributed by atoms with Gasteiger partial charge in [0.05, 0.1) is 7.11 Å². The van der Waals surface area contributed by atoms with Gasteiger partial charge in [0.1, 0.15) is 0 Å². The second-order valence-corrected chi connectivity index (χ2v) is 2.99. The molecule has 0 aliphatic rings. The van der Waals surface area contributed by atoms with Crippen molar-refractivity contribution in [3.8, 4) is 5.75 Å². The summed E-state index contributed by atoms with van der Waals surface area (Å²) in [6.07, 6.45) is 0. The van der Waals surface area contributed by atoms with Gasteiger partial charge in [-0.2, -0.15) is 12.1 Å². The fourth-order valence-electron chi connectivity index (χ4n) is 1.01. The molecule has 1 aromatic carbocycles. The first-order valence-electron chi connectivity index (χ1n) is 3.91. The fraction of sp³-hybridized carbons (Fsp3) is 0.400. The van der Waals surface area contributed by atoms with Gasteiger partial charge in [-0.1, -0.05) is 0 Å². The van der Waals surface area contributed by atoms with Gasteiger partial charge in [-0.05, 0) is 14.1 Å². The van der Waals surface area contributed by atoms with Gasteiger partial charge in [-0.25, -0.2) is 0 Å². The Morgan fingerprint density at radius 3 is 2.46 bits per heavy atom. The minimum Gasteiger partial charge on any atom is -0.554 e. The van der Waals surface area contributed by atoms with Crippen LogP contribution in [-0.2, 0) is 6.54 Å². The molecule has 0 fully saturated rings. The molecule has 2 nitrogen and oxygen atoms in total. The first-order valence-corrected chi connectivity index (χ1v) is 3.91. The normalized spacial score (nSPS) is 9.54. The van der Waals surface area contributed by atoms with Crippen LogP contribution < -0.4 is 23.6 Å². The smallest absolute Gasteiger partial charge is 0.554 e. The number of rotatable bonds is 3. The van der Waals surface area contributed by atoms with Crippen LogP contribution in [0.1, 0.15) is 5.56 Å². The second kappa shape index (κ2) is 6.10. The third-order valence-electron chi connectivity index (χ3n) is 1.57. The molecule has 0 spiro atoms. The molecule has 66 valence electrons. The van der Waals surface area contributed by atoms with Crippen molar-refractivity contribution < 1.29 is 23.6 Å². The van der Waals surface area contributed by atoms with Crippen molar-refractivity contribution in [1.82, 2.24) is 4.90 Å². The van der Waals surface area contributed by atoms with Crippen LogP contribution in [0.3, 0.4) is 0 Å². The summed E-state index contributed by atoms with van der Waals surface area (Å²) in [6.45, 7) is 0.921. The minimum atomic E-state index is 0. The Labute approximate surface area is 92.1 Å². The summed E-state index contributed by atoms with van der Waals surface area (Å²) in [5.41, 5.74) is 1.18. The van der Waals surface area contributed by atoms with Crippen LogP contribution in [0.2, 0.25) is 0 Å². The van der Waals surface area contributed by atoms with Gasteiger partial charge in [0, 0.05) is 12.3 Å². The molecule has 0 amide bonds. The monoisotopic (exact) mass is 171 g/mol. The Morgan fingerprint density at radius 2 is 2.08 bits per heavy atom. The third-order valence-corrected chi connectivity index (χ3v) is 1.57. The van der Waals surface area contributed by atoms with Gasteiger partial charge < -0.3 is 9.64 Å². The topological polar surface area (TPSA) is 12.5 Å². The molecular formula is C10H14LiNO. The van der Waals surface area contributed by atoms with E-state index in [1.54, 1.807) is 7.11 Å². The maximum absolute atomic E-state index is 5.03. The predicted octanol–water partition coefficient (Wildman–Crippen LogP) is -1.44. The van der Waals surface area contributed by atoms with Crippen LogP contribution >= 0.6 is 0 Å². The molecule has 0 N–H and O–H groups in total. The van der Waals surface area contributed by atoms with Gasteiger partial charge in [0.15, 0.2) is 0 Å². The zero-order chi connectivity index (χ0) is 8.97. The van der Waals surface area contributed by atoms with Crippen LogP contribution in [0.25, 0.3) is 0 Å². The molecule has 0 bridgehead atoms. The van der Waals surface area contributed by atoms with Crippen molar-refractivity contribution in [2.24, 2.45) is 0 Å². The third kappa shape index (κ3) is 4.38. The van der Waals surface area contributed by atoms with Crippen LogP contribution in [0.5, 0.6) is 5.75 Å². The molecule has 1 rings (SSSR count). The summed E-state index contributed by atoms with van der Waals surface area (Å²) in [7, 11) is 5.74. The molecule has 0 aliphatic carbocycles. The molecule has 0 heterocycles. The van der Waals surface area contributed by atoms with E-state index in [1.165, 1.54) is 5.56 Å². The predicted molar refractivity (Wildman–Crippen MR) is 49.2 cm³/mol. The zero-order valence-electron chi connectivity index (χ0n) is 8.79.